The van der Waals surface area contributed by atoms with Gasteiger partial charge in [-0.05, 0) is 57.7 Å². The Bertz CT molecular complexity index is 1690. The number of hydrogen-bond donors (Lipinski definition) is 2. The summed E-state index contributed by atoms with van der Waals surface area (Å²) in [6.45, 7) is 6.52. The second-order valence-electron chi connectivity index (χ2n) is 12.7. The van der Waals surface area contributed by atoms with Crippen LogP contribution < -0.4 is 25.4 Å². The van der Waals surface area contributed by atoms with E-state index in [-0.39, 0.29) is 65.8 Å². The number of anilines is 2. The smallest absolute Gasteiger partial charge is 0.417 e. The molecule has 46 heavy (non-hydrogen) atoms. The zero-order valence-corrected chi connectivity index (χ0v) is 25.6. The van der Waals surface area contributed by atoms with Crippen LogP contribution >= 0.6 is 0 Å². The highest BCUT2D eigenvalue weighted by molar-refractivity contribution is 5.97. The van der Waals surface area contributed by atoms with E-state index < -0.39 is 58.2 Å². The first kappa shape index (κ1) is 31.0. The third-order valence-electron chi connectivity index (χ3n) is 9.95. The number of aromatic nitrogens is 3. The lowest BCUT2D eigenvalue weighted by Gasteiger charge is -2.42. The lowest BCUT2D eigenvalue weighted by Crippen LogP contribution is -2.60. The van der Waals surface area contributed by atoms with E-state index in [0.717, 1.165) is 38.8 Å². The van der Waals surface area contributed by atoms with E-state index in [9.17, 15) is 22.0 Å². The molecule has 0 radical (unpaired) electrons. The van der Waals surface area contributed by atoms with Crippen molar-refractivity contribution < 1.29 is 35.8 Å². The highest BCUT2D eigenvalue weighted by Crippen LogP contribution is 2.46. The van der Waals surface area contributed by atoms with Gasteiger partial charge in [0.05, 0.1) is 17.3 Å². The van der Waals surface area contributed by atoms with Gasteiger partial charge in [-0.1, -0.05) is 6.92 Å². The number of halogens is 6. The molecule has 9 nitrogen and oxygen atoms in total. The van der Waals surface area contributed by atoms with E-state index >= 15 is 4.39 Å². The predicted octanol–water partition coefficient (Wildman–Crippen LogP) is 5.17. The molecule has 6 atom stereocenters. The minimum absolute atomic E-state index is 0.0513. The number of pyridine rings is 1. The van der Waals surface area contributed by atoms with Crippen molar-refractivity contribution in [1.82, 2.24) is 25.2 Å². The van der Waals surface area contributed by atoms with Crippen LogP contribution in [0.3, 0.4) is 0 Å². The number of alkyl halides is 4. The third kappa shape index (κ3) is 4.97. The molecule has 0 saturated carbocycles. The van der Waals surface area contributed by atoms with E-state index in [1.165, 1.54) is 0 Å². The van der Waals surface area contributed by atoms with Gasteiger partial charge in [0, 0.05) is 36.8 Å². The molecule has 2 aromatic heterocycles. The molecule has 0 unspecified atom stereocenters. The SMILES string of the molecule is CC[C@@H]1CN2c3nc(OC[C@@H]4C[C@H](F)[C@H]5CCCN45)nc4c(F)c(-c5cc(N)c(F)c(C)c5C(F)(F)F)nc(c34)O[C@@H](C)[C@@H]2CN1. The minimum Gasteiger partial charge on any atom is -0.472 e. The average Bonchev–Trinajstić information content (AvgIpc) is 3.59. The number of rotatable bonds is 5. The Morgan fingerprint density at radius 2 is 1.93 bits per heavy atom. The molecular formula is C31H35F6N7O2. The maximum Gasteiger partial charge on any atom is 0.417 e. The first-order valence-electron chi connectivity index (χ1n) is 15.6. The molecule has 3 fully saturated rings. The van der Waals surface area contributed by atoms with Gasteiger partial charge in [-0.15, -0.1) is 0 Å². The molecule has 248 valence electrons. The van der Waals surface area contributed by atoms with Gasteiger partial charge in [0.15, 0.2) is 5.82 Å². The molecule has 4 aliphatic rings. The topological polar surface area (TPSA) is 102 Å². The summed E-state index contributed by atoms with van der Waals surface area (Å²) < 4.78 is 101. The molecule has 0 bridgehead atoms. The maximum absolute atomic E-state index is 16.7. The van der Waals surface area contributed by atoms with Crippen molar-refractivity contribution in [3.63, 3.8) is 0 Å². The second kappa shape index (κ2) is 11.3. The van der Waals surface area contributed by atoms with Crippen LogP contribution in [0.1, 0.15) is 50.7 Å². The molecule has 6 heterocycles. The molecule has 3 aromatic rings. The van der Waals surface area contributed by atoms with Crippen molar-refractivity contribution in [2.45, 2.75) is 89.1 Å². The summed E-state index contributed by atoms with van der Waals surface area (Å²) >= 11 is 0. The number of benzene rings is 1. The summed E-state index contributed by atoms with van der Waals surface area (Å²) in [6, 6.07) is -0.0836. The van der Waals surface area contributed by atoms with E-state index in [0.29, 0.717) is 13.1 Å². The van der Waals surface area contributed by atoms with Crippen molar-refractivity contribution in [3.05, 3.63) is 28.8 Å². The molecule has 0 amide bonds. The Hall–Kier alpha value is -3.59. The van der Waals surface area contributed by atoms with Gasteiger partial charge >= 0.3 is 12.2 Å². The Balaban J connectivity index is 1.41. The molecule has 0 aliphatic carbocycles. The molecule has 0 spiro atoms. The molecule has 7 rings (SSSR count). The fraction of sp³-hybridized carbons (Fsp3) is 0.581. The van der Waals surface area contributed by atoms with Crippen molar-refractivity contribution >= 4 is 22.4 Å². The standard InChI is InChI=1S/C31H35F6N7O2/c1-4-15-11-44-21(10-39-15)14(3)46-29-22-27(25(34)26(40-29)17-9-19(38)24(33)13(2)23(17)31(35,36)37)41-30(42-28(22)44)45-12-16-8-18(32)20-6-5-7-43(16)20/h9,14-16,18,20-21,39H,4-8,10-12,38H2,1-3H3/t14-,15+,16-,18-,20+,21-/m0/s1. The molecular weight excluding hydrogens is 616 g/mol. The number of piperazine rings is 1. The number of nitrogen functional groups attached to an aromatic ring is 1. The van der Waals surface area contributed by atoms with Crippen LogP contribution in [0.15, 0.2) is 6.07 Å². The van der Waals surface area contributed by atoms with Gasteiger partial charge in [-0.25, -0.2) is 18.2 Å². The van der Waals surface area contributed by atoms with Crippen LogP contribution in [-0.2, 0) is 6.18 Å². The van der Waals surface area contributed by atoms with Crippen LogP contribution in [0, 0.1) is 18.6 Å². The average molecular weight is 652 g/mol. The summed E-state index contributed by atoms with van der Waals surface area (Å²) in [5.41, 5.74) is 1.12. The number of hydrogen-bond acceptors (Lipinski definition) is 9. The van der Waals surface area contributed by atoms with Gasteiger partial charge in [-0.3, -0.25) is 4.90 Å². The predicted molar refractivity (Wildman–Crippen MR) is 159 cm³/mol. The van der Waals surface area contributed by atoms with Gasteiger partial charge in [0.1, 0.15) is 47.1 Å². The number of ether oxygens (including phenoxy) is 2. The quantitative estimate of drug-likeness (QED) is 0.286. The Morgan fingerprint density at radius 1 is 1.15 bits per heavy atom. The largest absolute Gasteiger partial charge is 0.472 e. The highest BCUT2D eigenvalue weighted by atomic mass is 19.4. The minimum atomic E-state index is -5.06. The van der Waals surface area contributed by atoms with Gasteiger partial charge in [-0.2, -0.15) is 23.1 Å². The summed E-state index contributed by atoms with van der Waals surface area (Å²) in [5.74, 6) is -2.32. The number of nitrogens with zero attached hydrogens (tertiary/aromatic N) is 5. The Morgan fingerprint density at radius 3 is 2.67 bits per heavy atom. The monoisotopic (exact) mass is 651 g/mol. The number of nitrogens with one attached hydrogen (secondary N) is 1. The number of nitrogens with two attached hydrogens (primary N) is 1. The van der Waals surface area contributed by atoms with Crippen molar-refractivity contribution in [3.8, 4) is 23.1 Å². The van der Waals surface area contributed by atoms with E-state index in [1.807, 2.05) is 11.8 Å². The maximum atomic E-state index is 16.7. The van der Waals surface area contributed by atoms with Gasteiger partial charge in [0.25, 0.3) is 0 Å². The normalized spacial score (nSPS) is 27.8. The van der Waals surface area contributed by atoms with Crippen LogP contribution in [0.25, 0.3) is 22.2 Å². The van der Waals surface area contributed by atoms with Crippen LogP contribution in [0.5, 0.6) is 11.9 Å². The molecule has 1 aromatic carbocycles. The molecule has 4 aliphatic heterocycles. The summed E-state index contributed by atoms with van der Waals surface area (Å²) in [5, 5.41) is 3.56. The van der Waals surface area contributed by atoms with Crippen molar-refractivity contribution in [2.75, 3.05) is 36.9 Å². The van der Waals surface area contributed by atoms with E-state index in [4.69, 9.17) is 20.2 Å². The number of fused-ring (bicyclic) bond motifs is 3. The van der Waals surface area contributed by atoms with Gasteiger partial charge < -0.3 is 25.4 Å². The van der Waals surface area contributed by atoms with Crippen molar-refractivity contribution in [2.24, 2.45) is 0 Å². The first-order chi connectivity index (χ1) is 21.9. The highest BCUT2D eigenvalue weighted by Gasteiger charge is 2.45. The third-order valence-corrected chi connectivity index (χ3v) is 9.95. The van der Waals surface area contributed by atoms with Crippen molar-refractivity contribution in [1.29, 1.82) is 0 Å². The molecule has 15 heteroatoms. The molecule has 3 N–H and O–H groups in total. The van der Waals surface area contributed by atoms with Crippen LogP contribution in [0.2, 0.25) is 0 Å². The zero-order valence-electron chi connectivity index (χ0n) is 25.6. The van der Waals surface area contributed by atoms with Gasteiger partial charge in [0.2, 0.25) is 5.88 Å². The van der Waals surface area contributed by atoms with E-state index in [1.54, 1.807) is 6.92 Å². The fourth-order valence-corrected chi connectivity index (χ4v) is 7.58. The second-order valence-corrected chi connectivity index (χ2v) is 12.7. The fourth-order valence-electron chi connectivity index (χ4n) is 7.58. The lowest BCUT2D eigenvalue weighted by molar-refractivity contribution is -0.137. The van der Waals surface area contributed by atoms with Crippen LogP contribution in [0.4, 0.5) is 37.8 Å². The summed E-state index contributed by atoms with van der Waals surface area (Å²) in [7, 11) is 0. The zero-order chi connectivity index (χ0) is 32.7. The lowest BCUT2D eigenvalue weighted by atomic mass is 9.96. The van der Waals surface area contributed by atoms with Crippen LogP contribution in [-0.4, -0.2) is 82.5 Å². The Labute approximate surface area is 261 Å². The first-order valence-corrected chi connectivity index (χ1v) is 15.6. The molecule has 3 saturated heterocycles. The summed E-state index contributed by atoms with van der Waals surface area (Å²) in [6.07, 6.45) is -3.85. The van der Waals surface area contributed by atoms with E-state index in [2.05, 4.69) is 20.2 Å². The Kier molecular flexibility index (Phi) is 7.61. The summed E-state index contributed by atoms with van der Waals surface area (Å²) in [4.78, 5) is 17.4.